The summed E-state index contributed by atoms with van der Waals surface area (Å²) < 4.78 is 2.05. The van der Waals surface area contributed by atoms with Gasteiger partial charge in [0.05, 0.1) is 6.54 Å². The Morgan fingerprint density at radius 2 is 2.19 bits per heavy atom. The van der Waals surface area contributed by atoms with Gasteiger partial charge in [0.2, 0.25) is 0 Å². The molecule has 1 aliphatic rings. The molecule has 90 valence electrons. The van der Waals surface area contributed by atoms with E-state index in [1.165, 1.54) is 25.7 Å². The first-order valence-electron chi connectivity index (χ1n) is 6.25. The van der Waals surface area contributed by atoms with Crippen molar-refractivity contribution in [1.82, 2.24) is 20.1 Å². The first-order valence-corrected chi connectivity index (χ1v) is 6.25. The fourth-order valence-corrected chi connectivity index (χ4v) is 2.46. The Balaban J connectivity index is 1.85. The summed E-state index contributed by atoms with van der Waals surface area (Å²) in [5.41, 5.74) is 0. The molecule has 0 spiro atoms. The minimum absolute atomic E-state index is 0.667. The van der Waals surface area contributed by atoms with Crippen molar-refractivity contribution >= 4 is 0 Å². The van der Waals surface area contributed by atoms with Crippen molar-refractivity contribution in [3.8, 4) is 0 Å². The highest BCUT2D eigenvalue weighted by atomic mass is 15.3. The zero-order valence-corrected chi connectivity index (χ0v) is 10.5. The normalized spacial score (nSPS) is 25.9. The van der Waals surface area contributed by atoms with Crippen molar-refractivity contribution in [1.29, 1.82) is 0 Å². The molecule has 0 amide bonds. The summed E-state index contributed by atoms with van der Waals surface area (Å²) in [6, 6.07) is 0.667. The lowest BCUT2D eigenvalue weighted by atomic mass is 9.87. The molecule has 1 saturated carbocycles. The highest BCUT2D eigenvalue weighted by Crippen LogP contribution is 2.23. The monoisotopic (exact) mass is 222 g/mol. The Labute approximate surface area is 97.5 Å². The maximum absolute atomic E-state index is 4.17. The number of rotatable bonds is 3. The van der Waals surface area contributed by atoms with E-state index >= 15 is 0 Å². The molecule has 0 saturated heterocycles. The highest BCUT2D eigenvalue weighted by Gasteiger charge is 2.18. The maximum Gasteiger partial charge on any atom is 0.146 e. The second-order valence-electron chi connectivity index (χ2n) is 5.07. The van der Waals surface area contributed by atoms with Crippen LogP contribution in [0.25, 0.3) is 0 Å². The number of aromatic nitrogens is 3. The van der Waals surface area contributed by atoms with Crippen LogP contribution in [0.1, 0.15) is 44.3 Å². The van der Waals surface area contributed by atoms with Gasteiger partial charge < -0.3 is 9.88 Å². The third-order valence-electron chi connectivity index (χ3n) is 3.67. The van der Waals surface area contributed by atoms with Gasteiger partial charge in [-0.1, -0.05) is 19.8 Å². The van der Waals surface area contributed by atoms with Gasteiger partial charge in [-0.25, -0.2) is 0 Å². The van der Waals surface area contributed by atoms with E-state index in [0.717, 1.165) is 24.1 Å². The second kappa shape index (κ2) is 4.95. The van der Waals surface area contributed by atoms with Gasteiger partial charge >= 0.3 is 0 Å². The lowest BCUT2D eigenvalue weighted by molar-refractivity contribution is 0.298. The molecule has 2 rings (SSSR count). The Kier molecular flexibility index (Phi) is 3.59. The SMILES string of the molecule is Cc1nnc(CNC2CCCC(C)C2)n1C. The Hall–Kier alpha value is -0.900. The van der Waals surface area contributed by atoms with Crippen LogP contribution in [-0.2, 0) is 13.6 Å². The van der Waals surface area contributed by atoms with E-state index < -0.39 is 0 Å². The van der Waals surface area contributed by atoms with E-state index in [1.54, 1.807) is 0 Å². The van der Waals surface area contributed by atoms with Gasteiger partial charge in [0.15, 0.2) is 0 Å². The van der Waals surface area contributed by atoms with Crippen molar-refractivity contribution in [2.45, 2.75) is 52.1 Å². The van der Waals surface area contributed by atoms with Gasteiger partial charge in [-0.05, 0) is 25.7 Å². The first kappa shape index (κ1) is 11.6. The van der Waals surface area contributed by atoms with Crippen molar-refractivity contribution in [3.63, 3.8) is 0 Å². The predicted octanol–water partition coefficient (Wildman–Crippen LogP) is 1.79. The lowest BCUT2D eigenvalue weighted by Crippen LogP contribution is -2.33. The van der Waals surface area contributed by atoms with E-state index in [4.69, 9.17) is 0 Å². The topological polar surface area (TPSA) is 42.7 Å². The number of nitrogens with one attached hydrogen (secondary N) is 1. The quantitative estimate of drug-likeness (QED) is 0.848. The fourth-order valence-electron chi connectivity index (χ4n) is 2.46. The highest BCUT2D eigenvalue weighted by molar-refractivity contribution is 4.92. The predicted molar refractivity (Wildman–Crippen MR) is 64.0 cm³/mol. The molecule has 1 fully saturated rings. The van der Waals surface area contributed by atoms with Crippen LogP contribution in [-0.4, -0.2) is 20.8 Å². The molecule has 4 heteroatoms. The van der Waals surface area contributed by atoms with E-state index in [1.807, 2.05) is 14.0 Å². The lowest BCUT2D eigenvalue weighted by Gasteiger charge is -2.27. The smallest absolute Gasteiger partial charge is 0.146 e. The van der Waals surface area contributed by atoms with Crippen LogP contribution in [0, 0.1) is 12.8 Å². The van der Waals surface area contributed by atoms with Gasteiger partial charge in [-0.2, -0.15) is 0 Å². The third kappa shape index (κ3) is 2.61. The van der Waals surface area contributed by atoms with Gasteiger partial charge in [-0.3, -0.25) is 0 Å². The molecule has 4 nitrogen and oxygen atoms in total. The van der Waals surface area contributed by atoms with E-state index in [0.29, 0.717) is 6.04 Å². The maximum atomic E-state index is 4.17. The summed E-state index contributed by atoms with van der Waals surface area (Å²) in [6.45, 7) is 5.17. The molecular weight excluding hydrogens is 200 g/mol. The zero-order chi connectivity index (χ0) is 11.5. The molecule has 1 aromatic heterocycles. The minimum atomic E-state index is 0.667. The molecule has 1 aliphatic carbocycles. The molecule has 2 atom stereocenters. The summed E-state index contributed by atoms with van der Waals surface area (Å²) >= 11 is 0. The third-order valence-corrected chi connectivity index (χ3v) is 3.67. The van der Waals surface area contributed by atoms with E-state index in [9.17, 15) is 0 Å². The molecule has 0 aliphatic heterocycles. The van der Waals surface area contributed by atoms with Crippen molar-refractivity contribution < 1.29 is 0 Å². The van der Waals surface area contributed by atoms with Crippen LogP contribution >= 0.6 is 0 Å². The average molecular weight is 222 g/mol. The second-order valence-corrected chi connectivity index (χ2v) is 5.07. The van der Waals surface area contributed by atoms with Crippen LogP contribution in [0.5, 0.6) is 0 Å². The molecule has 16 heavy (non-hydrogen) atoms. The molecule has 0 aromatic carbocycles. The van der Waals surface area contributed by atoms with Gasteiger partial charge in [-0.15, -0.1) is 10.2 Å². The van der Waals surface area contributed by atoms with Crippen LogP contribution in [0.3, 0.4) is 0 Å². The van der Waals surface area contributed by atoms with Crippen molar-refractivity contribution in [2.24, 2.45) is 13.0 Å². The van der Waals surface area contributed by atoms with E-state index in [2.05, 4.69) is 27.0 Å². The largest absolute Gasteiger partial charge is 0.317 e. The standard InChI is InChI=1S/C12H22N4/c1-9-5-4-6-11(7-9)13-8-12-15-14-10(2)16(12)3/h9,11,13H,4-8H2,1-3H3. The molecule has 1 N–H and O–H groups in total. The first-order chi connectivity index (χ1) is 7.66. The van der Waals surface area contributed by atoms with Gasteiger partial charge in [0, 0.05) is 13.1 Å². The zero-order valence-electron chi connectivity index (χ0n) is 10.5. The van der Waals surface area contributed by atoms with Crippen LogP contribution < -0.4 is 5.32 Å². The fraction of sp³-hybridized carbons (Fsp3) is 0.833. The van der Waals surface area contributed by atoms with Gasteiger partial charge in [0.1, 0.15) is 11.6 Å². The summed E-state index contributed by atoms with van der Waals surface area (Å²) in [7, 11) is 2.02. The molecule has 0 bridgehead atoms. The van der Waals surface area contributed by atoms with E-state index in [-0.39, 0.29) is 0 Å². The Morgan fingerprint density at radius 1 is 1.38 bits per heavy atom. The summed E-state index contributed by atoms with van der Waals surface area (Å²) in [6.07, 6.45) is 5.36. The van der Waals surface area contributed by atoms with Crippen molar-refractivity contribution in [2.75, 3.05) is 0 Å². The number of nitrogens with zero attached hydrogens (tertiary/aromatic N) is 3. The molecule has 2 unspecified atom stereocenters. The average Bonchev–Trinajstić information content (AvgIpc) is 2.57. The number of hydrogen-bond donors (Lipinski definition) is 1. The molecule has 0 radical (unpaired) electrons. The Morgan fingerprint density at radius 3 is 2.81 bits per heavy atom. The summed E-state index contributed by atoms with van der Waals surface area (Å²) in [5, 5.41) is 11.8. The molecular formula is C12H22N4. The van der Waals surface area contributed by atoms with Crippen LogP contribution in [0.15, 0.2) is 0 Å². The molecule has 1 heterocycles. The van der Waals surface area contributed by atoms with Crippen molar-refractivity contribution in [3.05, 3.63) is 11.6 Å². The minimum Gasteiger partial charge on any atom is -0.317 e. The number of hydrogen-bond acceptors (Lipinski definition) is 3. The number of aryl methyl sites for hydroxylation is 1. The van der Waals surface area contributed by atoms with Crippen LogP contribution in [0.2, 0.25) is 0 Å². The summed E-state index contributed by atoms with van der Waals surface area (Å²) in [4.78, 5) is 0. The van der Waals surface area contributed by atoms with Crippen LogP contribution in [0.4, 0.5) is 0 Å². The Bertz CT molecular complexity index is 345. The van der Waals surface area contributed by atoms with Gasteiger partial charge in [0.25, 0.3) is 0 Å². The summed E-state index contributed by atoms with van der Waals surface area (Å²) in [5.74, 6) is 2.89. The molecule has 1 aromatic rings.